The lowest BCUT2D eigenvalue weighted by molar-refractivity contribution is 0.0951. The van der Waals surface area contributed by atoms with E-state index < -0.39 is 17.7 Å². The minimum absolute atomic E-state index is 0.0221. The van der Waals surface area contributed by atoms with E-state index >= 15 is 0 Å². The average molecular weight is 352 g/mol. The molecule has 0 aliphatic heterocycles. The Labute approximate surface area is 148 Å². The highest BCUT2D eigenvalue weighted by Crippen LogP contribution is 2.11. The summed E-state index contributed by atoms with van der Waals surface area (Å²) in [5, 5.41) is 6.15. The van der Waals surface area contributed by atoms with Crippen LogP contribution in [0.15, 0.2) is 47.6 Å². The molecule has 2 rings (SSSR count). The van der Waals surface area contributed by atoms with Gasteiger partial charge in [0, 0.05) is 28.1 Å². The Kier molecular flexibility index (Phi) is 5.92. The van der Waals surface area contributed by atoms with Crippen LogP contribution in [0.3, 0.4) is 0 Å². The third-order valence-corrected chi connectivity index (χ3v) is 3.56. The first-order valence-electron chi connectivity index (χ1n) is 7.52. The molecule has 0 saturated heterocycles. The van der Waals surface area contributed by atoms with Gasteiger partial charge in [0.25, 0.3) is 5.91 Å². The molecule has 0 radical (unpaired) electrons. The maximum Gasteiger partial charge on any atom is 0.251 e. The summed E-state index contributed by atoms with van der Waals surface area (Å²) in [6, 6.07) is 11.0. The number of nitrogens with zero attached hydrogens (tertiary/aromatic N) is 3. The van der Waals surface area contributed by atoms with Crippen LogP contribution in [0.1, 0.15) is 42.2 Å². The Hall–Kier alpha value is -3.84. The van der Waals surface area contributed by atoms with Gasteiger partial charge in [0.1, 0.15) is 0 Å². The van der Waals surface area contributed by atoms with E-state index in [0.717, 1.165) is 11.1 Å². The van der Waals surface area contributed by atoms with E-state index in [1.807, 2.05) is 0 Å². The van der Waals surface area contributed by atoms with Crippen molar-refractivity contribution in [3.63, 3.8) is 0 Å². The van der Waals surface area contributed by atoms with Crippen LogP contribution in [-0.2, 0) is 13.1 Å². The van der Waals surface area contributed by atoms with Crippen LogP contribution in [0.4, 0.5) is 0 Å². The molecule has 3 amide bonds. The van der Waals surface area contributed by atoms with Crippen molar-refractivity contribution in [2.24, 2.45) is 16.6 Å². The number of benzene rings is 2. The van der Waals surface area contributed by atoms with Crippen LogP contribution in [-0.4, -0.2) is 17.7 Å². The molecular weight excluding hydrogens is 336 g/mol. The highest BCUT2D eigenvalue weighted by molar-refractivity contribution is 6.03. The Morgan fingerprint density at radius 1 is 0.923 bits per heavy atom. The molecule has 0 aromatic heterocycles. The third-order valence-electron chi connectivity index (χ3n) is 3.56. The molecular formula is C17H16N6O3. The fraction of sp³-hybridized carbons (Fsp3) is 0.118. The molecule has 132 valence electrons. The number of rotatable bonds is 7. The topological polar surface area (TPSA) is 164 Å². The van der Waals surface area contributed by atoms with Gasteiger partial charge in [-0.15, -0.1) is 0 Å². The number of azide groups is 1. The summed E-state index contributed by atoms with van der Waals surface area (Å²) in [5.74, 6) is -2.01. The molecule has 26 heavy (non-hydrogen) atoms. The maximum absolute atomic E-state index is 12.3. The SMILES string of the molecule is [N-]=[N+]=NCc1ccc(CNC(=O)c2cc(C(N)=O)cc(C(N)=O)c2)cc1. The molecule has 9 nitrogen and oxygen atoms in total. The second-order valence-electron chi connectivity index (χ2n) is 5.42. The standard InChI is InChI=1S/C17H16N6O3/c18-15(24)12-5-13(16(19)25)7-14(6-12)17(26)21-8-10-1-3-11(4-2-10)9-22-23-20/h1-7H,8-9H2,(H2,18,24)(H2,19,25)(H,21,26). The molecule has 2 aromatic carbocycles. The first kappa shape index (κ1) is 18.5. The summed E-state index contributed by atoms with van der Waals surface area (Å²) in [4.78, 5) is 37.7. The Morgan fingerprint density at radius 3 is 1.92 bits per heavy atom. The molecule has 0 saturated carbocycles. The number of carbonyl (C=O) groups excluding carboxylic acids is 3. The van der Waals surface area contributed by atoms with Gasteiger partial charge in [-0.05, 0) is 34.9 Å². The molecule has 0 aliphatic carbocycles. The molecule has 0 aliphatic rings. The van der Waals surface area contributed by atoms with Gasteiger partial charge in [0.2, 0.25) is 11.8 Å². The lowest BCUT2D eigenvalue weighted by Crippen LogP contribution is -2.24. The van der Waals surface area contributed by atoms with E-state index in [1.54, 1.807) is 24.3 Å². The maximum atomic E-state index is 12.3. The van der Waals surface area contributed by atoms with E-state index in [9.17, 15) is 14.4 Å². The number of nitrogens with two attached hydrogens (primary N) is 2. The predicted molar refractivity (Wildman–Crippen MR) is 93.9 cm³/mol. The van der Waals surface area contributed by atoms with Gasteiger partial charge >= 0.3 is 0 Å². The first-order chi connectivity index (χ1) is 12.4. The molecule has 0 unspecified atom stereocenters. The Morgan fingerprint density at radius 2 is 1.42 bits per heavy atom. The van der Waals surface area contributed by atoms with Gasteiger partial charge < -0.3 is 16.8 Å². The van der Waals surface area contributed by atoms with Crippen LogP contribution in [0.25, 0.3) is 10.4 Å². The third kappa shape index (κ3) is 4.83. The van der Waals surface area contributed by atoms with Crippen LogP contribution in [0.2, 0.25) is 0 Å². The molecule has 9 heteroatoms. The number of nitrogens with one attached hydrogen (secondary N) is 1. The number of amides is 3. The minimum Gasteiger partial charge on any atom is -0.366 e. The van der Waals surface area contributed by atoms with Gasteiger partial charge in [-0.3, -0.25) is 14.4 Å². The highest BCUT2D eigenvalue weighted by atomic mass is 16.2. The zero-order chi connectivity index (χ0) is 19.1. The molecule has 0 heterocycles. The van der Waals surface area contributed by atoms with Crippen LogP contribution in [0, 0.1) is 0 Å². The van der Waals surface area contributed by atoms with E-state index in [2.05, 4.69) is 15.3 Å². The summed E-state index contributed by atoms with van der Waals surface area (Å²) < 4.78 is 0. The zero-order valence-corrected chi connectivity index (χ0v) is 13.7. The van der Waals surface area contributed by atoms with Crippen molar-refractivity contribution in [3.05, 3.63) is 80.7 Å². The predicted octanol–water partition coefficient (Wildman–Crippen LogP) is 1.62. The molecule has 0 spiro atoms. The molecule has 2 aromatic rings. The zero-order valence-electron chi connectivity index (χ0n) is 13.7. The van der Waals surface area contributed by atoms with Crippen LogP contribution in [0.5, 0.6) is 0 Å². The largest absolute Gasteiger partial charge is 0.366 e. The van der Waals surface area contributed by atoms with E-state index in [0.29, 0.717) is 0 Å². The fourth-order valence-corrected chi connectivity index (χ4v) is 2.20. The van der Waals surface area contributed by atoms with Crippen molar-refractivity contribution in [2.75, 3.05) is 0 Å². The van der Waals surface area contributed by atoms with Gasteiger partial charge in [0.15, 0.2) is 0 Å². The summed E-state index contributed by atoms with van der Waals surface area (Å²) in [6.45, 7) is 0.478. The first-order valence-corrected chi connectivity index (χ1v) is 7.52. The number of carbonyl (C=O) groups is 3. The smallest absolute Gasteiger partial charge is 0.251 e. The monoisotopic (exact) mass is 352 g/mol. The van der Waals surface area contributed by atoms with Crippen molar-refractivity contribution >= 4 is 17.7 Å². The molecule has 0 bridgehead atoms. The molecule has 0 fully saturated rings. The van der Waals surface area contributed by atoms with Gasteiger partial charge in [0.05, 0.1) is 6.54 Å². The minimum atomic E-state index is -0.766. The van der Waals surface area contributed by atoms with Crippen molar-refractivity contribution in [1.29, 1.82) is 0 Å². The van der Waals surface area contributed by atoms with Crippen molar-refractivity contribution < 1.29 is 14.4 Å². The normalized spacial score (nSPS) is 9.85. The van der Waals surface area contributed by atoms with E-state index in [4.69, 9.17) is 17.0 Å². The van der Waals surface area contributed by atoms with E-state index in [-0.39, 0.29) is 29.8 Å². The van der Waals surface area contributed by atoms with E-state index in [1.165, 1.54) is 18.2 Å². The number of primary amides is 2. The van der Waals surface area contributed by atoms with Crippen LogP contribution < -0.4 is 16.8 Å². The number of hydrogen-bond acceptors (Lipinski definition) is 4. The second-order valence-corrected chi connectivity index (χ2v) is 5.42. The fourth-order valence-electron chi connectivity index (χ4n) is 2.20. The average Bonchev–Trinajstić information content (AvgIpc) is 2.64. The van der Waals surface area contributed by atoms with Crippen molar-refractivity contribution in [3.8, 4) is 0 Å². The van der Waals surface area contributed by atoms with Crippen molar-refractivity contribution in [1.82, 2.24) is 5.32 Å². The van der Waals surface area contributed by atoms with Crippen LogP contribution >= 0.6 is 0 Å². The second kappa shape index (κ2) is 8.32. The molecule has 0 atom stereocenters. The quantitative estimate of drug-likeness (QED) is 0.392. The Bertz CT molecular complexity index is 869. The summed E-state index contributed by atoms with van der Waals surface area (Å²) in [6.07, 6.45) is 0. The highest BCUT2D eigenvalue weighted by Gasteiger charge is 2.13. The Balaban J connectivity index is 2.11. The van der Waals surface area contributed by atoms with Gasteiger partial charge in [-0.25, -0.2) is 0 Å². The van der Waals surface area contributed by atoms with Crippen molar-refractivity contribution in [2.45, 2.75) is 13.1 Å². The number of hydrogen-bond donors (Lipinski definition) is 3. The molecule has 5 N–H and O–H groups in total. The summed E-state index contributed by atoms with van der Waals surface area (Å²) in [7, 11) is 0. The summed E-state index contributed by atoms with van der Waals surface area (Å²) in [5.41, 5.74) is 20.5. The lowest BCUT2D eigenvalue weighted by atomic mass is 10.0. The van der Waals surface area contributed by atoms with Gasteiger partial charge in [-0.2, -0.15) is 0 Å². The van der Waals surface area contributed by atoms with Gasteiger partial charge in [-0.1, -0.05) is 29.4 Å². The lowest BCUT2D eigenvalue weighted by Gasteiger charge is -2.08. The summed E-state index contributed by atoms with van der Waals surface area (Å²) >= 11 is 0.